The molecule has 1 saturated heterocycles. The molecular formula is C17H27N3O4. The van der Waals surface area contributed by atoms with Crippen molar-refractivity contribution in [3.05, 3.63) is 23.8 Å². The van der Waals surface area contributed by atoms with Crippen molar-refractivity contribution in [1.29, 1.82) is 0 Å². The van der Waals surface area contributed by atoms with Crippen molar-refractivity contribution in [3.63, 3.8) is 0 Å². The van der Waals surface area contributed by atoms with Crippen LogP contribution in [0.1, 0.15) is 12.5 Å². The Bertz CT molecular complexity index is 539. The second-order valence-corrected chi connectivity index (χ2v) is 5.84. The maximum atomic E-state index is 11.5. The van der Waals surface area contributed by atoms with E-state index in [4.69, 9.17) is 9.47 Å². The second-order valence-electron chi connectivity index (χ2n) is 5.84. The number of nitrogens with one attached hydrogen (secondary N) is 3. The highest BCUT2D eigenvalue weighted by atomic mass is 16.5. The fourth-order valence-electron chi connectivity index (χ4n) is 2.66. The van der Waals surface area contributed by atoms with Gasteiger partial charge in [0.15, 0.2) is 18.1 Å². The summed E-state index contributed by atoms with van der Waals surface area (Å²) in [6.07, 6.45) is -0.280. The molecular weight excluding hydrogens is 310 g/mol. The molecule has 0 radical (unpaired) electrons. The van der Waals surface area contributed by atoms with E-state index >= 15 is 0 Å². The first kappa shape index (κ1) is 18.5. The summed E-state index contributed by atoms with van der Waals surface area (Å²) in [6.45, 7) is 5.34. The number of rotatable bonds is 9. The fraction of sp³-hybridized carbons (Fsp3) is 0.588. The van der Waals surface area contributed by atoms with Gasteiger partial charge < -0.3 is 30.5 Å². The molecule has 1 heterocycles. The number of methoxy groups -OCH3 is 1. The van der Waals surface area contributed by atoms with Crippen LogP contribution in [0.2, 0.25) is 0 Å². The Hall–Kier alpha value is -1.83. The van der Waals surface area contributed by atoms with E-state index in [9.17, 15) is 9.90 Å². The van der Waals surface area contributed by atoms with Gasteiger partial charge in [-0.25, -0.2) is 0 Å². The zero-order valence-electron chi connectivity index (χ0n) is 14.3. The predicted octanol–water partition coefficient (Wildman–Crippen LogP) is -0.120. The molecule has 1 aromatic carbocycles. The first-order chi connectivity index (χ1) is 11.6. The van der Waals surface area contributed by atoms with Crippen LogP contribution in [-0.2, 0) is 11.3 Å². The Balaban J connectivity index is 1.84. The van der Waals surface area contributed by atoms with E-state index in [1.165, 1.54) is 0 Å². The molecule has 1 aliphatic rings. The van der Waals surface area contributed by atoms with E-state index in [0.29, 0.717) is 31.1 Å². The third kappa shape index (κ3) is 5.36. The highest BCUT2D eigenvalue weighted by Gasteiger charge is 2.24. The molecule has 4 N–H and O–H groups in total. The Kier molecular flexibility index (Phi) is 7.30. The number of hydrogen-bond donors (Lipinski definition) is 4. The summed E-state index contributed by atoms with van der Waals surface area (Å²) in [7, 11) is 1.58. The summed E-state index contributed by atoms with van der Waals surface area (Å²) in [6, 6.07) is 5.64. The summed E-state index contributed by atoms with van der Waals surface area (Å²) >= 11 is 0. The third-order valence-electron chi connectivity index (χ3n) is 4.00. The molecule has 0 spiro atoms. The lowest BCUT2D eigenvalue weighted by Crippen LogP contribution is -2.30. The van der Waals surface area contributed by atoms with Crippen LogP contribution in [0.4, 0.5) is 0 Å². The quantitative estimate of drug-likeness (QED) is 0.502. The summed E-state index contributed by atoms with van der Waals surface area (Å²) in [4.78, 5) is 11.5. The summed E-state index contributed by atoms with van der Waals surface area (Å²) in [5.74, 6) is 1.23. The SMILES string of the molecule is CCNC(=O)COc1ccc(CNCC2CNCC2O)cc1OC. The van der Waals surface area contributed by atoms with Crippen molar-refractivity contribution >= 4 is 5.91 Å². The summed E-state index contributed by atoms with van der Waals surface area (Å²) in [5, 5.41) is 19.0. The first-order valence-electron chi connectivity index (χ1n) is 8.30. The number of ether oxygens (including phenoxy) is 2. The highest BCUT2D eigenvalue weighted by molar-refractivity contribution is 5.77. The molecule has 1 aromatic rings. The average molecular weight is 337 g/mol. The maximum Gasteiger partial charge on any atom is 0.257 e. The Morgan fingerprint density at radius 2 is 2.21 bits per heavy atom. The number of aliphatic hydroxyl groups excluding tert-OH is 1. The largest absolute Gasteiger partial charge is 0.493 e. The molecule has 0 aromatic heterocycles. The summed E-state index contributed by atoms with van der Waals surface area (Å²) in [5.41, 5.74) is 1.05. The summed E-state index contributed by atoms with van der Waals surface area (Å²) < 4.78 is 10.8. The van der Waals surface area contributed by atoms with Crippen molar-refractivity contribution in [2.45, 2.75) is 19.6 Å². The fourth-order valence-corrected chi connectivity index (χ4v) is 2.66. The van der Waals surface area contributed by atoms with Crippen LogP contribution in [-0.4, -0.2) is 57.0 Å². The standard InChI is InChI=1S/C17H27N3O4/c1-3-20-17(22)11-24-15-5-4-12(6-16(15)23-2)7-18-8-13-9-19-10-14(13)21/h4-6,13-14,18-19,21H,3,7-11H2,1-2H3,(H,20,22). The van der Waals surface area contributed by atoms with Gasteiger partial charge in [0.2, 0.25) is 0 Å². The van der Waals surface area contributed by atoms with E-state index in [1.807, 2.05) is 19.1 Å². The minimum absolute atomic E-state index is 0.0334. The van der Waals surface area contributed by atoms with Crippen LogP contribution in [0.5, 0.6) is 11.5 Å². The van der Waals surface area contributed by atoms with E-state index < -0.39 is 0 Å². The second kappa shape index (κ2) is 9.46. The van der Waals surface area contributed by atoms with E-state index in [0.717, 1.165) is 18.7 Å². The van der Waals surface area contributed by atoms with Gasteiger partial charge in [-0.3, -0.25) is 4.79 Å². The van der Waals surface area contributed by atoms with Gasteiger partial charge in [-0.1, -0.05) is 6.07 Å². The minimum Gasteiger partial charge on any atom is -0.493 e. The molecule has 0 aliphatic carbocycles. The Labute approximate surface area is 142 Å². The van der Waals surface area contributed by atoms with Crippen molar-refractivity contribution in [1.82, 2.24) is 16.0 Å². The van der Waals surface area contributed by atoms with Gasteiger partial charge in [0, 0.05) is 38.6 Å². The number of β-amino-alcohol motifs (C(OH)–C–C–N with tert-alkyl or cyclic N) is 1. The molecule has 1 amide bonds. The highest BCUT2D eigenvalue weighted by Crippen LogP contribution is 2.28. The van der Waals surface area contributed by atoms with E-state index in [1.54, 1.807) is 13.2 Å². The van der Waals surface area contributed by atoms with Gasteiger partial charge in [0.1, 0.15) is 0 Å². The number of likely N-dealkylation sites (N-methyl/N-ethyl adjacent to an activating group) is 1. The molecule has 2 unspecified atom stereocenters. The van der Waals surface area contributed by atoms with E-state index in [2.05, 4.69) is 16.0 Å². The molecule has 24 heavy (non-hydrogen) atoms. The lowest BCUT2D eigenvalue weighted by molar-refractivity contribution is -0.123. The number of hydrogen-bond acceptors (Lipinski definition) is 6. The Morgan fingerprint density at radius 1 is 1.38 bits per heavy atom. The molecule has 2 rings (SSSR count). The van der Waals surface area contributed by atoms with Crippen molar-refractivity contribution in [2.75, 3.05) is 39.9 Å². The van der Waals surface area contributed by atoms with Crippen LogP contribution >= 0.6 is 0 Å². The zero-order chi connectivity index (χ0) is 17.4. The monoisotopic (exact) mass is 337 g/mol. The van der Waals surface area contributed by atoms with Gasteiger partial charge in [-0.15, -0.1) is 0 Å². The number of amides is 1. The smallest absolute Gasteiger partial charge is 0.257 e. The normalized spacial score (nSPS) is 20.0. The van der Waals surface area contributed by atoms with Gasteiger partial charge in [0.25, 0.3) is 5.91 Å². The Morgan fingerprint density at radius 3 is 2.88 bits per heavy atom. The predicted molar refractivity (Wildman–Crippen MR) is 91.2 cm³/mol. The molecule has 134 valence electrons. The number of carbonyl (C=O) groups excluding carboxylic acids is 1. The van der Waals surface area contributed by atoms with Crippen LogP contribution in [0.3, 0.4) is 0 Å². The maximum absolute atomic E-state index is 11.5. The van der Waals surface area contributed by atoms with Crippen molar-refractivity contribution in [2.24, 2.45) is 5.92 Å². The van der Waals surface area contributed by atoms with Gasteiger partial charge in [-0.2, -0.15) is 0 Å². The molecule has 1 aliphatic heterocycles. The van der Waals surface area contributed by atoms with Crippen LogP contribution in [0, 0.1) is 5.92 Å². The lowest BCUT2D eigenvalue weighted by atomic mass is 10.1. The number of benzene rings is 1. The van der Waals surface area contributed by atoms with Crippen LogP contribution in [0.25, 0.3) is 0 Å². The van der Waals surface area contributed by atoms with Crippen LogP contribution < -0.4 is 25.4 Å². The molecule has 1 fully saturated rings. The minimum atomic E-state index is -0.280. The van der Waals surface area contributed by atoms with Crippen LogP contribution in [0.15, 0.2) is 18.2 Å². The number of aliphatic hydroxyl groups is 1. The zero-order valence-corrected chi connectivity index (χ0v) is 14.3. The molecule has 2 atom stereocenters. The van der Waals surface area contributed by atoms with Gasteiger partial charge >= 0.3 is 0 Å². The molecule has 0 saturated carbocycles. The molecule has 7 nitrogen and oxygen atoms in total. The van der Waals surface area contributed by atoms with Crippen molar-refractivity contribution in [3.8, 4) is 11.5 Å². The first-order valence-corrected chi connectivity index (χ1v) is 8.30. The molecule has 0 bridgehead atoms. The molecule has 7 heteroatoms. The average Bonchev–Trinajstić information content (AvgIpc) is 2.99. The number of carbonyl (C=O) groups is 1. The lowest BCUT2D eigenvalue weighted by Gasteiger charge is -2.15. The van der Waals surface area contributed by atoms with Gasteiger partial charge in [-0.05, 0) is 24.6 Å². The van der Waals surface area contributed by atoms with E-state index in [-0.39, 0.29) is 24.5 Å². The topological polar surface area (TPSA) is 91.9 Å². The third-order valence-corrected chi connectivity index (χ3v) is 4.00. The van der Waals surface area contributed by atoms with Crippen molar-refractivity contribution < 1.29 is 19.4 Å². The van der Waals surface area contributed by atoms with Gasteiger partial charge in [0.05, 0.1) is 13.2 Å².